The molecule has 0 bridgehead atoms. The molecule has 2 aromatic rings. The molecule has 0 spiro atoms. The number of hydrogen-bond acceptors (Lipinski definition) is 2. The molecule has 26 heavy (non-hydrogen) atoms. The lowest BCUT2D eigenvalue weighted by atomic mass is 10.1. The van der Waals surface area contributed by atoms with Gasteiger partial charge in [-0.15, -0.1) is 24.0 Å². The smallest absolute Gasteiger partial charge is 0.191 e. The first-order chi connectivity index (χ1) is 12.2. The second-order valence-electron chi connectivity index (χ2n) is 7.18. The van der Waals surface area contributed by atoms with E-state index in [0.717, 1.165) is 38.6 Å². The lowest BCUT2D eigenvalue weighted by molar-refractivity contribution is 0.397. The van der Waals surface area contributed by atoms with Gasteiger partial charge in [0.15, 0.2) is 5.96 Å². The number of aliphatic imine (C=N–C) groups is 1. The maximum atomic E-state index is 4.78. The number of halogens is 1. The van der Waals surface area contributed by atoms with Gasteiger partial charge >= 0.3 is 0 Å². The van der Waals surface area contributed by atoms with Crippen LogP contribution in [0, 0.1) is 12.8 Å². The maximum absolute atomic E-state index is 4.78. The van der Waals surface area contributed by atoms with Crippen molar-refractivity contribution in [1.29, 1.82) is 0 Å². The van der Waals surface area contributed by atoms with E-state index >= 15 is 0 Å². The number of aromatic amines is 1. The quantitative estimate of drug-likeness (QED) is 0.346. The Labute approximate surface area is 174 Å². The van der Waals surface area contributed by atoms with E-state index in [9.17, 15) is 0 Å². The molecule has 6 heteroatoms. The van der Waals surface area contributed by atoms with Crippen molar-refractivity contribution in [2.75, 3.05) is 39.8 Å². The number of nitrogens with zero attached hydrogens (tertiary/aromatic N) is 2. The van der Waals surface area contributed by atoms with Gasteiger partial charge in [0.2, 0.25) is 0 Å². The fourth-order valence-electron chi connectivity index (χ4n) is 3.56. The Morgan fingerprint density at radius 3 is 2.92 bits per heavy atom. The van der Waals surface area contributed by atoms with Crippen molar-refractivity contribution in [3.8, 4) is 0 Å². The fraction of sp³-hybridized carbons (Fsp3) is 0.550. The largest absolute Gasteiger partial charge is 0.361 e. The first kappa shape index (κ1) is 21.0. The molecule has 0 saturated carbocycles. The number of aryl methyl sites for hydroxylation is 1. The molecule has 5 nitrogen and oxygen atoms in total. The minimum atomic E-state index is 0. The molecular formula is C20H32IN5. The second-order valence-corrected chi connectivity index (χ2v) is 7.18. The summed E-state index contributed by atoms with van der Waals surface area (Å²) in [5.74, 6) is 1.63. The van der Waals surface area contributed by atoms with Crippen molar-refractivity contribution in [1.82, 2.24) is 20.5 Å². The first-order valence-corrected chi connectivity index (χ1v) is 9.43. The van der Waals surface area contributed by atoms with E-state index < -0.39 is 0 Å². The molecule has 1 saturated heterocycles. The van der Waals surface area contributed by atoms with E-state index in [1.807, 2.05) is 0 Å². The summed E-state index contributed by atoms with van der Waals surface area (Å²) in [7, 11) is 2.19. The van der Waals surface area contributed by atoms with Gasteiger partial charge < -0.3 is 20.5 Å². The van der Waals surface area contributed by atoms with Gasteiger partial charge in [0.1, 0.15) is 0 Å². The van der Waals surface area contributed by atoms with Crippen molar-refractivity contribution >= 4 is 40.8 Å². The summed E-state index contributed by atoms with van der Waals surface area (Å²) in [6.45, 7) is 9.29. The van der Waals surface area contributed by atoms with Crippen LogP contribution in [0.3, 0.4) is 0 Å². The summed E-state index contributed by atoms with van der Waals surface area (Å²) in [6, 6.07) is 6.60. The molecule has 3 rings (SSSR count). The Balaban J connectivity index is 0.00000243. The molecule has 1 unspecified atom stereocenters. The zero-order chi connectivity index (χ0) is 17.6. The number of aromatic nitrogens is 1. The lowest BCUT2D eigenvalue weighted by Crippen LogP contribution is -2.38. The number of benzene rings is 1. The van der Waals surface area contributed by atoms with Gasteiger partial charge in [-0.1, -0.05) is 12.1 Å². The van der Waals surface area contributed by atoms with Crippen molar-refractivity contribution in [2.45, 2.75) is 26.7 Å². The van der Waals surface area contributed by atoms with Gasteiger partial charge in [-0.3, -0.25) is 4.99 Å². The molecule has 2 heterocycles. The molecule has 1 atom stereocenters. The van der Waals surface area contributed by atoms with Crippen LogP contribution in [0.25, 0.3) is 10.9 Å². The average Bonchev–Trinajstić information content (AvgIpc) is 3.18. The molecule has 0 radical (unpaired) electrons. The summed E-state index contributed by atoms with van der Waals surface area (Å²) in [5, 5.41) is 8.16. The Bertz CT molecular complexity index is 724. The highest BCUT2D eigenvalue weighted by molar-refractivity contribution is 14.0. The van der Waals surface area contributed by atoms with Gasteiger partial charge in [0.25, 0.3) is 0 Å². The number of nitrogens with one attached hydrogen (secondary N) is 3. The van der Waals surface area contributed by atoms with E-state index in [1.165, 1.54) is 35.0 Å². The number of hydrogen-bond donors (Lipinski definition) is 3. The van der Waals surface area contributed by atoms with Crippen LogP contribution in [0.4, 0.5) is 0 Å². The van der Waals surface area contributed by atoms with Crippen LogP contribution in [0.15, 0.2) is 29.4 Å². The summed E-state index contributed by atoms with van der Waals surface area (Å²) >= 11 is 0. The molecule has 1 aromatic carbocycles. The Morgan fingerprint density at radius 2 is 2.19 bits per heavy atom. The molecule has 1 fully saturated rings. The number of fused-ring (bicyclic) bond motifs is 1. The summed E-state index contributed by atoms with van der Waals surface area (Å²) in [6.07, 6.45) is 4.37. The minimum Gasteiger partial charge on any atom is -0.361 e. The molecule has 1 aliphatic rings. The van der Waals surface area contributed by atoms with Crippen molar-refractivity contribution in [3.63, 3.8) is 0 Å². The van der Waals surface area contributed by atoms with Crippen LogP contribution in [0.5, 0.6) is 0 Å². The van der Waals surface area contributed by atoms with E-state index in [0.29, 0.717) is 5.92 Å². The third kappa shape index (κ3) is 5.61. The van der Waals surface area contributed by atoms with Crippen LogP contribution in [0.2, 0.25) is 0 Å². The van der Waals surface area contributed by atoms with Crippen molar-refractivity contribution < 1.29 is 0 Å². The highest BCUT2D eigenvalue weighted by atomic mass is 127. The van der Waals surface area contributed by atoms with Crippen LogP contribution in [0.1, 0.15) is 24.5 Å². The normalized spacial score (nSPS) is 18.1. The predicted octanol–water partition coefficient (Wildman–Crippen LogP) is 3.14. The Kier molecular flexibility index (Phi) is 8.21. The van der Waals surface area contributed by atoms with Crippen molar-refractivity contribution in [3.05, 3.63) is 35.5 Å². The van der Waals surface area contributed by atoms with Crippen molar-refractivity contribution in [2.24, 2.45) is 10.9 Å². The van der Waals surface area contributed by atoms with E-state index in [-0.39, 0.29) is 24.0 Å². The standard InChI is InChI=1S/C20H31N5.HI/c1-4-21-20(24-12-16-8-10-25(3)14-16)22-9-7-17-13-23-19-11-15(2)5-6-18(17)19;/h5-6,11,13,16,23H,4,7-10,12,14H2,1-3H3,(H2,21,22,24);1H. The van der Waals surface area contributed by atoms with Gasteiger partial charge in [-0.25, -0.2) is 0 Å². The zero-order valence-corrected chi connectivity index (χ0v) is 18.5. The highest BCUT2D eigenvalue weighted by Crippen LogP contribution is 2.19. The number of guanidine groups is 1. The first-order valence-electron chi connectivity index (χ1n) is 9.43. The summed E-state index contributed by atoms with van der Waals surface area (Å²) in [5.41, 5.74) is 3.87. The number of likely N-dealkylation sites (tertiary alicyclic amines) is 1. The predicted molar refractivity (Wildman–Crippen MR) is 122 cm³/mol. The lowest BCUT2D eigenvalue weighted by Gasteiger charge is -2.13. The third-order valence-electron chi connectivity index (χ3n) is 4.95. The summed E-state index contributed by atoms with van der Waals surface area (Å²) < 4.78 is 0. The zero-order valence-electron chi connectivity index (χ0n) is 16.1. The Hall–Kier alpha value is -1.28. The van der Waals surface area contributed by atoms with Gasteiger partial charge in [0, 0.05) is 43.3 Å². The van der Waals surface area contributed by atoms with Crippen LogP contribution < -0.4 is 10.6 Å². The van der Waals surface area contributed by atoms with E-state index in [4.69, 9.17) is 4.99 Å². The molecule has 3 N–H and O–H groups in total. The fourth-order valence-corrected chi connectivity index (χ4v) is 3.56. The number of H-pyrrole nitrogens is 1. The SMILES string of the molecule is CCNC(=NCC1CCN(C)C1)NCCc1c[nH]c2cc(C)ccc12.I. The molecule has 1 aliphatic heterocycles. The van der Waals surface area contributed by atoms with Gasteiger partial charge in [-0.05, 0) is 63.4 Å². The average molecular weight is 469 g/mol. The van der Waals surface area contributed by atoms with Gasteiger partial charge in [0.05, 0.1) is 0 Å². The van der Waals surface area contributed by atoms with Crippen LogP contribution in [-0.4, -0.2) is 55.6 Å². The molecule has 1 aromatic heterocycles. The van der Waals surface area contributed by atoms with Crippen LogP contribution in [-0.2, 0) is 6.42 Å². The topological polar surface area (TPSA) is 55.5 Å². The molecule has 144 valence electrons. The maximum Gasteiger partial charge on any atom is 0.191 e. The van der Waals surface area contributed by atoms with Crippen LogP contribution >= 0.6 is 24.0 Å². The molecular weight excluding hydrogens is 437 g/mol. The molecule has 0 amide bonds. The molecule has 0 aliphatic carbocycles. The van der Waals surface area contributed by atoms with E-state index in [1.54, 1.807) is 0 Å². The Morgan fingerprint density at radius 1 is 1.35 bits per heavy atom. The number of rotatable bonds is 6. The second kappa shape index (κ2) is 10.2. The van der Waals surface area contributed by atoms with Gasteiger partial charge in [-0.2, -0.15) is 0 Å². The summed E-state index contributed by atoms with van der Waals surface area (Å²) in [4.78, 5) is 10.6. The third-order valence-corrected chi connectivity index (χ3v) is 4.95. The highest BCUT2D eigenvalue weighted by Gasteiger charge is 2.18. The monoisotopic (exact) mass is 469 g/mol. The minimum absolute atomic E-state index is 0. The van der Waals surface area contributed by atoms with E-state index in [2.05, 4.69) is 65.8 Å².